The number of hydrogen-bond donors (Lipinski definition) is 4. The molecular formula is C15H38N4Si. The Morgan fingerprint density at radius 3 is 1.55 bits per heavy atom. The van der Waals surface area contributed by atoms with E-state index in [1.807, 2.05) is 0 Å². The molecule has 0 heterocycles. The molecule has 0 aromatic carbocycles. The molecule has 0 saturated heterocycles. The molecule has 0 fully saturated rings. The van der Waals surface area contributed by atoms with Gasteiger partial charge in [-0.25, -0.2) is 0 Å². The first kappa shape index (κ1) is 20.1. The van der Waals surface area contributed by atoms with E-state index >= 15 is 0 Å². The van der Waals surface area contributed by atoms with Gasteiger partial charge in [0.2, 0.25) is 0 Å². The van der Waals surface area contributed by atoms with Gasteiger partial charge in [0.25, 0.3) is 0 Å². The van der Waals surface area contributed by atoms with E-state index in [-0.39, 0.29) is 11.8 Å². The van der Waals surface area contributed by atoms with Crippen molar-refractivity contribution in [1.29, 1.82) is 0 Å². The van der Waals surface area contributed by atoms with E-state index in [1.54, 1.807) is 0 Å². The van der Waals surface area contributed by atoms with Crippen LogP contribution in [-0.2, 0) is 0 Å². The van der Waals surface area contributed by atoms with Gasteiger partial charge in [-0.3, -0.25) is 16.0 Å². The van der Waals surface area contributed by atoms with Gasteiger partial charge in [0.05, 0.1) is 22.2 Å². The van der Waals surface area contributed by atoms with Crippen molar-refractivity contribution in [2.24, 2.45) is 0 Å². The Kier molecular flexibility index (Phi) is 9.92. The van der Waals surface area contributed by atoms with Crippen molar-refractivity contribution in [1.82, 2.24) is 20.9 Å². The maximum atomic E-state index is 3.75. The van der Waals surface area contributed by atoms with Crippen molar-refractivity contribution >= 4 is 10.4 Å². The molecule has 0 radical (unpaired) electrons. The summed E-state index contributed by atoms with van der Waals surface area (Å²) in [5.41, 5.74) is -0.117. The molecule has 0 spiro atoms. The van der Waals surface area contributed by atoms with E-state index in [1.165, 1.54) is 0 Å². The van der Waals surface area contributed by atoms with Crippen molar-refractivity contribution in [2.75, 3.05) is 0 Å². The lowest BCUT2D eigenvalue weighted by atomic mass is 10.0. The first-order chi connectivity index (χ1) is 9.32. The summed E-state index contributed by atoms with van der Waals surface area (Å²) in [7, 11) is 0.964. The SMILES string of the molecule is CCC(C)NC(NC(C)CC)C(C)(N[SiH3])NC(C)CC. The van der Waals surface area contributed by atoms with E-state index in [9.17, 15) is 0 Å². The molecule has 4 nitrogen and oxygen atoms in total. The van der Waals surface area contributed by atoms with Gasteiger partial charge in [-0.1, -0.05) is 20.8 Å². The minimum absolute atomic E-state index is 0.117. The van der Waals surface area contributed by atoms with Gasteiger partial charge in [0, 0.05) is 18.1 Å². The summed E-state index contributed by atoms with van der Waals surface area (Å²) in [6, 6.07) is 1.51. The van der Waals surface area contributed by atoms with E-state index in [0.29, 0.717) is 18.1 Å². The zero-order chi connectivity index (χ0) is 15.8. The van der Waals surface area contributed by atoms with Crippen LogP contribution in [0, 0.1) is 0 Å². The Morgan fingerprint density at radius 2 is 1.25 bits per heavy atom. The summed E-state index contributed by atoms with van der Waals surface area (Å²) in [5.74, 6) is 0. The van der Waals surface area contributed by atoms with Gasteiger partial charge in [0.1, 0.15) is 0 Å². The first-order valence-electron chi connectivity index (χ1n) is 8.31. The molecular weight excluding hydrogens is 264 g/mol. The maximum absolute atomic E-state index is 3.75. The molecule has 0 amide bonds. The van der Waals surface area contributed by atoms with Crippen molar-refractivity contribution in [3.63, 3.8) is 0 Å². The molecule has 0 aromatic heterocycles. The lowest BCUT2D eigenvalue weighted by molar-refractivity contribution is 0.163. The second-order valence-electron chi connectivity index (χ2n) is 6.29. The summed E-state index contributed by atoms with van der Waals surface area (Å²) in [5, 5.41) is 11.2. The van der Waals surface area contributed by atoms with Crippen LogP contribution in [0.25, 0.3) is 0 Å². The van der Waals surface area contributed by atoms with Crippen LogP contribution in [0.5, 0.6) is 0 Å². The van der Waals surface area contributed by atoms with Gasteiger partial charge in [0.15, 0.2) is 0 Å². The minimum Gasteiger partial charge on any atom is -0.327 e. The molecule has 5 heteroatoms. The smallest absolute Gasteiger partial charge is 0.0891 e. The lowest BCUT2D eigenvalue weighted by Crippen LogP contribution is -2.73. The van der Waals surface area contributed by atoms with E-state index in [2.05, 4.69) is 69.4 Å². The summed E-state index contributed by atoms with van der Waals surface area (Å²) in [6.45, 7) is 15.7. The first-order valence-corrected chi connectivity index (χ1v) is 9.31. The van der Waals surface area contributed by atoms with Gasteiger partial charge in [-0.2, -0.15) is 0 Å². The lowest BCUT2D eigenvalue weighted by Gasteiger charge is -2.44. The van der Waals surface area contributed by atoms with E-state index < -0.39 is 0 Å². The van der Waals surface area contributed by atoms with Gasteiger partial charge in [-0.05, 0) is 47.0 Å². The van der Waals surface area contributed by atoms with Crippen LogP contribution >= 0.6 is 0 Å². The van der Waals surface area contributed by atoms with Crippen LogP contribution in [-0.4, -0.2) is 40.4 Å². The zero-order valence-corrected chi connectivity index (χ0v) is 16.9. The van der Waals surface area contributed by atoms with E-state index in [0.717, 1.165) is 29.7 Å². The topological polar surface area (TPSA) is 48.1 Å². The minimum atomic E-state index is -0.117. The second kappa shape index (κ2) is 9.90. The molecule has 0 aliphatic heterocycles. The zero-order valence-electron chi connectivity index (χ0n) is 14.9. The Hall–Kier alpha value is 0.0569. The van der Waals surface area contributed by atoms with Crippen molar-refractivity contribution in [3.8, 4) is 0 Å². The average Bonchev–Trinajstić information content (AvgIpc) is 2.45. The molecule has 4 unspecified atom stereocenters. The van der Waals surface area contributed by atoms with Crippen LogP contribution in [0.3, 0.4) is 0 Å². The van der Waals surface area contributed by atoms with Gasteiger partial charge in [-0.15, -0.1) is 0 Å². The van der Waals surface area contributed by atoms with Crippen LogP contribution in [0.15, 0.2) is 0 Å². The van der Waals surface area contributed by atoms with Gasteiger partial charge >= 0.3 is 0 Å². The molecule has 0 aromatic rings. The van der Waals surface area contributed by atoms with Crippen molar-refractivity contribution < 1.29 is 0 Å². The quantitative estimate of drug-likeness (QED) is 0.341. The summed E-state index contributed by atoms with van der Waals surface area (Å²) in [4.78, 5) is 3.61. The largest absolute Gasteiger partial charge is 0.327 e. The van der Waals surface area contributed by atoms with Crippen LogP contribution in [0.2, 0.25) is 0 Å². The average molecular weight is 303 g/mol. The highest BCUT2D eigenvalue weighted by atomic mass is 28.2. The third-order valence-corrected chi connectivity index (χ3v) is 5.42. The molecule has 20 heavy (non-hydrogen) atoms. The standard InChI is InChI=1S/C15H38N4Si/c1-8-11(4)16-14(17-12(5)9-2)15(7,19-20)18-13(6)10-3/h11-14,16-19H,8-10H2,1-7,20H3. The molecule has 4 atom stereocenters. The Balaban J connectivity index is 4.99. The van der Waals surface area contributed by atoms with Crippen LogP contribution in [0.4, 0.5) is 0 Å². The summed E-state index contributed by atoms with van der Waals surface area (Å²) >= 11 is 0. The normalized spacial score (nSPS) is 21.1. The van der Waals surface area contributed by atoms with Crippen molar-refractivity contribution in [3.05, 3.63) is 0 Å². The second-order valence-corrected chi connectivity index (χ2v) is 6.79. The van der Waals surface area contributed by atoms with Crippen molar-refractivity contribution in [2.45, 2.75) is 97.7 Å². The molecule has 0 aliphatic carbocycles. The van der Waals surface area contributed by atoms with Gasteiger partial charge < -0.3 is 4.98 Å². The summed E-state index contributed by atoms with van der Waals surface area (Å²) in [6.07, 6.45) is 3.63. The number of rotatable bonds is 11. The highest BCUT2D eigenvalue weighted by Gasteiger charge is 2.34. The third kappa shape index (κ3) is 6.67. The highest BCUT2D eigenvalue weighted by Crippen LogP contribution is 2.10. The van der Waals surface area contributed by atoms with E-state index in [4.69, 9.17) is 0 Å². The fraction of sp³-hybridized carbons (Fsp3) is 1.00. The predicted octanol–water partition coefficient (Wildman–Crippen LogP) is 1.06. The summed E-state index contributed by atoms with van der Waals surface area (Å²) < 4.78 is 0. The van der Waals surface area contributed by atoms with Crippen LogP contribution < -0.4 is 20.9 Å². The Bertz CT molecular complexity index is 240. The Morgan fingerprint density at radius 1 is 0.850 bits per heavy atom. The molecule has 0 saturated carbocycles. The molecule has 4 N–H and O–H groups in total. The molecule has 0 aliphatic rings. The molecule has 122 valence electrons. The third-order valence-electron chi connectivity index (χ3n) is 4.38. The monoisotopic (exact) mass is 302 g/mol. The number of hydrogen-bond acceptors (Lipinski definition) is 4. The maximum Gasteiger partial charge on any atom is 0.0891 e. The van der Waals surface area contributed by atoms with Crippen LogP contribution in [0.1, 0.15) is 67.7 Å². The molecule has 0 rings (SSSR count). The predicted molar refractivity (Wildman–Crippen MR) is 93.9 cm³/mol. The Labute approximate surface area is 129 Å². The fourth-order valence-corrected chi connectivity index (χ4v) is 2.53. The highest BCUT2D eigenvalue weighted by molar-refractivity contribution is 6.04. The number of nitrogens with one attached hydrogen (secondary N) is 4. The fourth-order valence-electron chi connectivity index (χ4n) is 2.10. The molecule has 0 bridgehead atoms.